The quantitative estimate of drug-likeness (QED) is 0.588. The van der Waals surface area contributed by atoms with E-state index in [2.05, 4.69) is 15.6 Å². The molecule has 0 aliphatic carbocycles. The van der Waals surface area contributed by atoms with Gasteiger partial charge in [0, 0.05) is 23.3 Å². The normalized spacial score (nSPS) is 10.4. The number of hydrogen-bond donors (Lipinski definition) is 2. The Balaban J connectivity index is 2.00. The van der Waals surface area contributed by atoms with Gasteiger partial charge in [-0.25, -0.2) is 4.98 Å². The third-order valence-corrected chi connectivity index (χ3v) is 4.63. The number of benzene rings is 2. The summed E-state index contributed by atoms with van der Waals surface area (Å²) in [5.41, 5.74) is 0.236. The minimum absolute atomic E-state index is 0.144. The monoisotopic (exact) mass is 440 g/mol. The molecule has 3 aromatic rings. The predicted octanol–water partition coefficient (Wildman–Crippen LogP) is 2.96. The number of amides is 2. The number of ether oxygens (including phenoxy) is 1. The second-order valence-corrected chi connectivity index (χ2v) is 6.94. The first kappa shape index (κ1) is 22.0. The molecule has 0 aliphatic rings. The van der Waals surface area contributed by atoms with Crippen molar-refractivity contribution in [3.05, 3.63) is 75.7 Å². The van der Waals surface area contributed by atoms with Crippen molar-refractivity contribution in [2.24, 2.45) is 0 Å². The zero-order valence-corrected chi connectivity index (χ0v) is 17.8. The maximum atomic E-state index is 13.1. The molecule has 0 bridgehead atoms. The highest BCUT2D eigenvalue weighted by Crippen LogP contribution is 2.27. The fourth-order valence-corrected chi connectivity index (χ4v) is 3.15. The molecule has 2 amide bonds. The molecule has 0 spiro atoms. The fourth-order valence-electron chi connectivity index (χ4n) is 2.98. The Morgan fingerprint density at radius 3 is 2.58 bits per heavy atom. The van der Waals surface area contributed by atoms with E-state index in [1.54, 1.807) is 49.4 Å². The lowest BCUT2D eigenvalue weighted by Crippen LogP contribution is -2.36. The molecule has 1 aromatic heterocycles. The van der Waals surface area contributed by atoms with Gasteiger partial charge in [0.25, 0.3) is 11.5 Å². The highest BCUT2D eigenvalue weighted by atomic mass is 35.5. The van der Waals surface area contributed by atoms with E-state index in [1.807, 2.05) is 6.07 Å². The summed E-state index contributed by atoms with van der Waals surface area (Å²) in [5, 5.41) is 5.69. The van der Waals surface area contributed by atoms with Crippen LogP contribution in [-0.4, -0.2) is 35.0 Å². The molecule has 3 rings (SSSR count). The van der Waals surface area contributed by atoms with Gasteiger partial charge in [-0.15, -0.1) is 0 Å². The van der Waals surface area contributed by atoms with Gasteiger partial charge in [0.2, 0.25) is 5.91 Å². The summed E-state index contributed by atoms with van der Waals surface area (Å²) in [7, 11) is 1.47. The van der Waals surface area contributed by atoms with E-state index in [0.29, 0.717) is 28.6 Å². The summed E-state index contributed by atoms with van der Waals surface area (Å²) in [6, 6.07) is 13.7. The number of carbonyl (C=O) groups is 2. The van der Waals surface area contributed by atoms with Crippen LogP contribution in [0.25, 0.3) is 11.4 Å². The van der Waals surface area contributed by atoms with Crippen LogP contribution in [-0.2, 0) is 11.3 Å². The van der Waals surface area contributed by atoms with E-state index in [1.165, 1.54) is 17.9 Å². The van der Waals surface area contributed by atoms with Crippen LogP contribution < -0.4 is 20.9 Å². The van der Waals surface area contributed by atoms with Gasteiger partial charge in [-0.05, 0) is 25.1 Å². The molecule has 160 valence electrons. The molecule has 0 saturated heterocycles. The van der Waals surface area contributed by atoms with Gasteiger partial charge in [0.1, 0.15) is 23.7 Å². The van der Waals surface area contributed by atoms with Crippen LogP contribution in [0, 0.1) is 0 Å². The molecule has 0 radical (unpaired) electrons. The number of nitrogens with zero attached hydrogens (tertiary/aromatic N) is 2. The number of methoxy groups -OCH3 is 1. The smallest absolute Gasteiger partial charge is 0.267 e. The number of halogens is 1. The van der Waals surface area contributed by atoms with Gasteiger partial charge in [-0.1, -0.05) is 41.9 Å². The van der Waals surface area contributed by atoms with E-state index in [4.69, 9.17) is 16.3 Å². The van der Waals surface area contributed by atoms with Crippen molar-refractivity contribution in [3.8, 4) is 17.1 Å². The van der Waals surface area contributed by atoms with Gasteiger partial charge in [0.05, 0.1) is 12.8 Å². The van der Waals surface area contributed by atoms with E-state index >= 15 is 0 Å². The number of anilines is 1. The number of aromatic nitrogens is 2. The highest BCUT2D eigenvalue weighted by molar-refractivity contribution is 6.31. The SMILES string of the molecule is CCNC(=O)c1cnc(-c2ccccc2)n(CC(=O)Nc2cc(Cl)ccc2OC)c1=O. The first-order valence-electron chi connectivity index (χ1n) is 9.51. The van der Waals surface area contributed by atoms with Crippen LogP contribution in [0.3, 0.4) is 0 Å². The number of hydrogen-bond acceptors (Lipinski definition) is 5. The molecule has 0 fully saturated rings. The van der Waals surface area contributed by atoms with Crippen LogP contribution in [0.15, 0.2) is 59.5 Å². The van der Waals surface area contributed by atoms with Crippen LogP contribution in [0.2, 0.25) is 5.02 Å². The van der Waals surface area contributed by atoms with Crippen molar-refractivity contribution in [3.63, 3.8) is 0 Å². The standard InChI is InChI=1S/C22H21ClN4O4/c1-3-24-21(29)16-12-25-20(14-7-5-4-6-8-14)27(22(16)30)13-19(28)26-17-11-15(23)9-10-18(17)31-2/h4-12H,3,13H2,1-2H3,(H,24,29)(H,26,28). The minimum atomic E-state index is -0.618. The molecular formula is C22H21ClN4O4. The largest absolute Gasteiger partial charge is 0.495 e. The van der Waals surface area contributed by atoms with Crippen molar-refractivity contribution < 1.29 is 14.3 Å². The first-order valence-corrected chi connectivity index (χ1v) is 9.89. The van der Waals surface area contributed by atoms with Gasteiger partial charge in [0.15, 0.2) is 0 Å². The Labute approximate surface area is 183 Å². The van der Waals surface area contributed by atoms with E-state index in [-0.39, 0.29) is 17.9 Å². The minimum Gasteiger partial charge on any atom is -0.495 e. The van der Waals surface area contributed by atoms with Crippen LogP contribution in [0.1, 0.15) is 17.3 Å². The van der Waals surface area contributed by atoms with Crippen molar-refractivity contribution in [1.82, 2.24) is 14.9 Å². The second-order valence-electron chi connectivity index (χ2n) is 6.51. The van der Waals surface area contributed by atoms with Gasteiger partial charge in [-0.2, -0.15) is 0 Å². The molecule has 31 heavy (non-hydrogen) atoms. The molecule has 0 aliphatic heterocycles. The Hall–Kier alpha value is -3.65. The summed E-state index contributed by atoms with van der Waals surface area (Å²) < 4.78 is 6.41. The fraction of sp³-hybridized carbons (Fsp3) is 0.182. The molecule has 0 saturated carbocycles. The zero-order chi connectivity index (χ0) is 22.4. The zero-order valence-electron chi connectivity index (χ0n) is 17.0. The lowest BCUT2D eigenvalue weighted by atomic mass is 10.2. The number of carbonyl (C=O) groups excluding carboxylic acids is 2. The average molecular weight is 441 g/mol. The molecule has 2 N–H and O–H groups in total. The number of nitrogens with one attached hydrogen (secondary N) is 2. The Morgan fingerprint density at radius 2 is 1.90 bits per heavy atom. The topological polar surface area (TPSA) is 102 Å². The molecule has 1 heterocycles. The van der Waals surface area contributed by atoms with Crippen LogP contribution >= 0.6 is 11.6 Å². The maximum Gasteiger partial charge on any atom is 0.267 e. The van der Waals surface area contributed by atoms with Gasteiger partial charge >= 0.3 is 0 Å². The van der Waals surface area contributed by atoms with Crippen molar-refractivity contribution >= 4 is 29.1 Å². The van der Waals surface area contributed by atoms with Crippen LogP contribution in [0.5, 0.6) is 5.75 Å². The summed E-state index contributed by atoms with van der Waals surface area (Å²) in [5.74, 6) is -0.366. The van der Waals surface area contributed by atoms with Gasteiger partial charge in [-0.3, -0.25) is 19.0 Å². The van der Waals surface area contributed by atoms with Crippen molar-refractivity contribution in [2.75, 3.05) is 19.0 Å². The maximum absolute atomic E-state index is 13.1. The molecule has 0 atom stereocenters. The Bertz CT molecular complexity index is 1160. The first-order chi connectivity index (χ1) is 14.9. The second kappa shape index (κ2) is 9.90. The third kappa shape index (κ3) is 5.10. The number of rotatable bonds is 7. The molecule has 0 unspecified atom stereocenters. The lowest BCUT2D eigenvalue weighted by Gasteiger charge is -2.15. The molecule has 8 nitrogen and oxygen atoms in total. The molecule has 9 heteroatoms. The summed E-state index contributed by atoms with van der Waals surface area (Å²) in [4.78, 5) is 42.5. The highest BCUT2D eigenvalue weighted by Gasteiger charge is 2.19. The van der Waals surface area contributed by atoms with E-state index in [0.717, 1.165) is 0 Å². The summed E-state index contributed by atoms with van der Waals surface area (Å²) >= 11 is 6.02. The summed E-state index contributed by atoms with van der Waals surface area (Å²) in [6.45, 7) is 1.74. The molecular weight excluding hydrogens is 420 g/mol. The Morgan fingerprint density at radius 1 is 1.16 bits per heavy atom. The lowest BCUT2D eigenvalue weighted by molar-refractivity contribution is -0.116. The Kier molecular flexibility index (Phi) is 7.04. The van der Waals surface area contributed by atoms with E-state index in [9.17, 15) is 14.4 Å². The van der Waals surface area contributed by atoms with Gasteiger partial charge < -0.3 is 15.4 Å². The van der Waals surface area contributed by atoms with Crippen LogP contribution in [0.4, 0.5) is 5.69 Å². The average Bonchev–Trinajstić information content (AvgIpc) is 2.76. The predicted molar refractivity (Wildman–Crippen MR) is 119 cm³/mol. The van der Waals surface area contributed by atoms with Crippen molar-refractivity contribution in [2.45, 2.75) is 13.5 Å². The summed E-state index contributed by atoms with van der Waals surface area (Å²) in [6.07, 6.45) is 1.23. The van der Waals surface area contributed by atoms with E-state index < -0.39 is 17.4 Å². The third-order valence-electron chi connectivity index (χ3n) is 4.40. The molecule has 2 aromatic carbocycles. The van der Waals surface area contributed by atoms with Crippen molar-refractivity contribution in [1.29, 1.82) is 0 Å².